The van der Waals surface area contributed by atoms with E-state index in [0.29, 0.717) is 0 Å². The van der Waals surface area contributed by atoms with Crippen LogP contribution in [-0.4, -0.2) is 60.0 Å². The summed E-state index contributed by atoms with van der Waals surface area (Å²) in [6.45, 7) is 8.61. The van der Waals surface area contributed by atoms with Gasteiger partial charge in [-0.3, -0.25) is 9.69 Å². The van der Waals surface area contributed by atoms with E-state index in [0.717, 1.165) is 62.3 Å². The van der Waals surface area contributed by atoms with E-state index in [2.05, 4.69) is 58.2 Å². The normalized spacial score (nSPS) is 17.8. The minimum atomic E-state index is 0.159. The van der Waals surface area contributed by atoms with Gasteiger partial charge in [-0.05, 0) is 62.7 Å². The summed E-state index contributed by atoms with van der Waals surface area (Å²) in [5.74, 6) is 0.159. The van der Waals surface area contributed by atoms with Crippen molar-refractivity contribution in [2.45, 2.75) is 26.3 Å². The van der Waals surface area contributed by atoms with Crippen LogP contribution < -0.4 is 4.90 Å². The summed E-state index contributed by atoms with van der Waals surface area (Å²) in [6, 6.07) is 14.7. The summed E-state index contributed by atoms with van der Waals surface area (Å²) in [4.78, 5) is 23.7. The summed E-state index contributed by atoms with van der Waals surface area (Å²) in [5, 5.41) is 1.11. The molecule has 1 amide bonds. The zero-order chi connectivity index (χ0) is 20.5. The standard InChI is InChI=1S/C25H30N4O/c1-19-7-9-21(10-8-19)28-13-15-29(16-14-28)25(30)22-5-4-6-23-24(22)20(17-26-23)18-27-11-2-3-12-27/h4-10,17,26H,2-3,11-16,18H2,1H3. The molecule has 0 atom stereocenters. The average molecular weight is 403 g/mol. The molecule has 5 rings (SSSR count). The van der Waals surface area contributed by atoms with Crippen molar-refractivity contribution in [3.05, 3.63) is 65.4 Å². The molecule has 0 aliphatic carbocycles. The summed E-state index contributed by atoms with van der Waals surface area (Å²) < 4.78 is 0. The minimum absolute atomic E-state index is 0.159. The Hall–Kier alpha value is -2.79. The molecule has 2 aromatic carbocycles. The van der Waals surface area contributed by atoms with Crippen molar-refractivity contribution in [2.24, 2.45) is 0 Å². The molecule has 1 N–H and O–H groups in total. The van der Waals surface area contributed by atoms with Crippen LogP contribution in [0.4, 0.5) is 5.69 Å². The number of nitrogens with zero attached hydrogens (tertiary/aromatic N) is 3. The number of carbonyl (C=O) groups excluding carboxylic acids is 1. The van der Waals surface area contributed by atoms with Crippen molar-refractivity contribution >= 4 is 22.5 Å². The second kappa shape index (κ2) is 8.15. The van der Waals surface area contributed by atoms with E-state index in [1.165, 1.54) is 29.7 Å². The highest BCUT2D eigenvalue weighted by Crippen LogP contribution is 2.27. The van der Waals surface area contributed by atoms with Gasteiger partial charge in [0.2, 0.25) is 0 Å². The number of piperazine rings is 1. The van der Waals surface area contributed by atoms with Crippen LogP contribution in [0.5, 0.6) is 0 Å². The highest BCUT2D eigenvalue weighted by Gasteiger charge is 2.25. The lowest BCUT2D eigenvalue weighted by molar-refractivity contribution is 0.0748. The highest BCUT2D eigenvalue weighted by molar-refractivity contribution is 6.07. The number of carbonyl (C=O) groups is 1. The first kappa shape index (κ1) is 19.2. The van der Waals surface area contributed by atoms with Crippen LogP contribution in [0.15, 0.2) is 48.7 Å². The van der Waals surface area contributed by atoms with E-state index in [1.807, 2.05) is 17.0 Å². The summed E-state index contributed by atoms with van der Waals surface area (Å²) in [6.07, 6.45) is 4.65. The smallest absolute Gasteiger partial charge is 0.254 e. The number of fused-ring (bicyclic) bond motifs is 1. The Labute approximate surface area is 178 Å². The third kappa shape index (κ3) is 3.70. The Morgan fingerprint density at radius 3 is 2.40 bits per heavy atom. The third-order valence-electron chi connectivity index (χ3n) is 6.58. The van der Waals surface area contributed by atoms with Gasteiger partial charge in [0.15, 0.2) is 0 Å². The number of anilines is 1. The van der Waals surface area contributed by atoms with Crippen molar-refractivity contribution in [3.63, 3.8) is 0 Å². The molecule has 2 aliphatic heterocycles. The maximum absolute atomic E-state index is 13.5. The second-order valence-electron chi connectivity index (χ2n) is 8.64. The molecule has 0 saturated carbocycles. The number of hydrogen-bond acceptors (Lipinski definition) is 3. The predicted molar refractivity (Wildman–Crippen MR) is 122 cm³/mol. The molecule has 1 aromatic heterocycles. The number of hydrogen-bond donors (Lipinski definition) is 1. The quantitative estimate of drug-likeness (QED) is 0.716. The highest BCUT2D eigenvalue weighted by atomic mass is 16.2. The van der Waals surface area contributed by atoms with Gasteiger partial charge in [-0.15, -0.1) is 0 Å². The first-order valence-corrected chi connectivity index (χ1v) is 11.1. The number of nitrogens with one attached hydrogen (secondary N) is 1. The summed E-state index contributed by atoms with van der Waals surface area (Å²) >= 11 is 0. The molecule has 2 fully saturated rings. The molecule has 0 unspecified atom stereocenters. The topological polar surface area (TPSA) is 42.6 Å². The van der Waals surface area contributed by atoms with Crippen LogP contribution >= 0.6 is 0 Å². The molecule has 2 saturated heterocycles. The van der Waals surface area contributed by atoms with Crippen molar-refractivity contribution in [1.29, 1.82) is 0 Å². The largest absolute Gasteiger partial charge is 0.368 e. The zero-order valence-corrected chi connectivity index (χ0v) is 17.7. The van der Waals surface area contributed by atoms with Gasteiger partial charge in [-0.1, -0.05) is 23.8 Å². The van der Waals surface area contributed by atoms with Gasteiger partial charge < -0.3 is 14.8 Å². The Morgan fingerprint density at radius 1 is 0.933 bits per heavy atom. The Morgan fingerprint density at radius 2 is 1.67 bits per heavy atom. The van der Waals surface area contributed by atoms with Gasteiger partial charge in [0, 0.05) is 61.1 Å². The molecule has 0 bridgehead atoms. The number of aromatic amines is 1. The number of benzene rings is 2. The molecular formula is C25H30N4O. The van der Waals surface area contributed by atoms with Gasteiger partial charge in [0.25, 0.3) is 5.91 Å². The van der Waals surface area contributed by atoms with Crippen molar-refractivity contribution in [2.75, 3.05) is 44.2 Å². The molecule has 0 spiro atoms. The van der Waals surface area contributed by atoms with Crippen molar-refractivity contribution in [3.8, 4) is 0 Å². The monoisotopic (exact) mass is 402 g/mol. The molecular weight excluding hydrogens is 372 g/mol. The number of aromatic nitrogens is 1. The van der Waals surface area contributed by atoms with Crippen LogP contribution in [0.3, 0.4) is 0 Å². The van der Waals surface area contributed by atoms with Crippen LogP contribution in [0.2, 0.25) is 0 Å². The zero-order valence-electron chi connectivity index (χ0n) is 17.7. The number of rotatable bonds is 4. The van der Waals surface area contributed by atoms with Gasteiger partial charge in [-0.2, -0.15) is 0 Å². The fourth-order valence-corrected chi connectivity index (χ4v) is 4.83. The number of amides is 1. The average Bonchev–Trinajstić information content (AvgIpc) is 3.44. The Kier molecular flexibility index (Phi) is 5.21. The maximum atomic E-state index is 13.5. The molecule has 30 heavy (non-hydrogen) atoms. The fourth-order valence-electron chi connectivity index (χ4n) is 4.83. The van der Waals surface area contributed by atoms with E-state index < -0.39 is 0 Å². The van der Waals surface area contributed by atoms with Crippen LogP contribution in [0.25, 0.3) is 10.9 Å². The SMILES string of the molecule is Cc1ccc(N2CCN(C(=O)c3cccc4[nH]cc(CN5CCCC5)c34)CC2)cc1. The van der Waals surface area contributed by atoms with Gasteiger partial charge in [0.05, 0.1) is 0 Å². The van der Waals surface area contributed by atoms with E-state index in [9.17, 15) is 4.79 Å². The molecule has 5 heteroatoms. The summed E-state index contributed by atoms with van der Waals surface area (Å²) in [7, 11) is 0. The van der Waals surface area contributed by atoms with E-state index >= 15 is 0 Å². The summed E-state index contributed by atoms with van der Waals surface area (Å²) in [5.41, 5.74) is 5.67. The van der Waals surface area contributed by atoms with Gasteiger partial charge >= 0.3 is 0 Å². The van der Waals surface area contributed by atoms with Crippen molar-refractivity contribution in [1.82, 2.24) is 14.8 Å². The number of likely N-dealkylation sites (tertiary alicyclic amines) is 1. The first-order valence-electron chi connectivity index (χ1n) is 11.1. The Bertz CT molecular complexity index is 1020. The maximum Gasteiger partial charge on any atom is 0.254 e. The van der Waals surface area contributed by atoms with Crippen molar-refractivity contribution < 1.29 is 4.79 Å². The third-order valence-corrected chi connectivity index (χ3v) is 6.58. The lowest BCUT2D eigenvalue weighted by atomic mass is 10.0. The van der Waals surface area contributed by atoms with E-state index in [4.69, 9.17) is 0 Å². The minimum Gasteiger partial charge on any atom is -0.368 e. The van der Waals surface area contributed by atoms with Crippen LogP contribution in [-0.2, 0) is 6.54 Å². The van der Waals surface area contributed by atoms with Gasteiger partial charge in [0.1, 0.15) is 0 Å². The molecule has 0 radical (unpaired) electrons. The lowest BCUT2D eigenvalue weighted by Crippen LogP contribution is -2.48. The Balaban J connectivity index is 1.33. The van der Waals surface area contributed by atoms with E-state index in [1.54, 1.807) is 0 Å². The predicted octanol–water partition coefficient (Wildman–Crippen LogP) is 4.03. The first-order chi connectivity index (χ1) is 14.7. The number of H-pyrrole nitrogens is 1. The van der Waals surface area contributed by atoms with Crippen LogP contribution in [0, 0.1) is 6.92 Å². The lowest BCUT2D eigenvalue weighted by Gasteiger charge is -2.36. The number of aryl methyl sites for hydroxylation is 1. The molecule has 156 valence electrons. The molecule has 5 nitrogen and oxygen atoms in total. The van der Waals surface area contributed by atoms with E-state index in [-0.39, 0.29) is 5.91 Å². The molecule has 3 heterocycles. The molecule has 2 aliphatic rings. The second-order valence-corrected chi connectivity index (χ2v) is 8.64. The fraction of sp³-hybridized carbons (Fsp3) is 0.400. The van der Waals surface area contributed by atoms with Gasteiger partial charge in [-0.25, -0.2) is 0 Å². The van der Waals surface area contributed by atoms with Crippen LogP contribution in [0.1, 0.15) is 34.3 Å². The molecule has 3 aromatic rings.